The molecule has 168 valence electrons. The normalized spacial score (nSPS) is 11.8. The second-order valence-corrected chi connectivity index (χ2v) is 9.95. The van der Waals surface area contributed by atoms with Crippen molar-refractivity contribution in [1.82, 2.24) is 0 Å². The summed E-state index contributed by atoms with van der Waals surface area (Å²) in [5.41, 5.74) is 0.987. The van der Waals surface area contributed by atoms with E-state index < -0.39 is 10.1 Å². The lowest BCUT2D eigenvalue weighted by molar-refractivity contribution is 0.483. The van der Waals surface area contributed by atoms with Gasteiger partial charge < -0.3 is 0 Å². The molecule has 0 amide bonds. The van der Waals surface area contributed by atoms with Gasteiger partial charge in [0, 0.05) is 0 Å². The Kier molecular flexibility index (Phi) is 15.2. The highest BCUT2D eigenvalue weighted by Gasteiger charge is 2.09. The molecule has 0 fully saturated rings. The Balaban J connectivity index is 1.86. The average Bonchev–Trinajstić information content (AvgIpc) is 2.70. The number of aryl methyl sites for hydroxylation is 1. The van der Waals surface area contributed by atoms with Crippen molar-refractivity contribution in [3.05, 3.63) is 29.8 Å². The zero-order valence-corrected chi connectivity index (χ0v) is 19.5. The van der Waals surface area contributed by atoms with E-state index in [1.54, 1.807) is 12.1 Å². The lowest BCUT2D eigenvalue weighted by Crippen LogP contribution is -1.98. The monoisotopic (exact) mass is 424 g/mol. The molecule has 0 unspecified atom stereocenters. The summed E-state index contributed by atoms with van der Waals surface area (Å²) in [5, 5.41) is 0. The molecule has 0 saturated heterocycles. The van der Waals surface area contributed by atoms with E-state index in [9.17, 15) is 8.42 Å². The molecule has 29 heavy (non-hydrogen) atoms. The van der Waals surface area contributed by atoms with Crippen molar-refractivity contribution in [1.29, 1.82) is 0 Å². The maximum atomic E-state index is 11.2. The van der Waals surface area contributed by atoms with Gasteiger partial charge in [-0.3, -0.25) is 4.55 Å². The van der Waals surface area contributed by atoms with Crippen LogP contribution in [0.1, 0.15) is 122 Å². The smallest absolute Gasteiger partial charge is 0.282 e. The predicted octanol–water partition coefficient (Wildman–Crippen LogP) is 8.13. The third-order valence-corrected chi connectivity index (χ3v) is 6.61. The fraction of sp³-hybridized carbons (Fsp3) is 0.760. The first-order chi connectivity index (χ1) is 14.0. The minimum Gasteiger partial charge on any atom is -0.282 e. The van der Waals surface area contributed by atoms with E-state index in [-0.39, 0.29) is 4.90 Å². The Hall–Kier alpha value is -0.870. The quantitative estimate of drug-likeness (QED) is 0.180. The highest BCUT2D eigenvalue weighted by molar-refractivity contribution is 7.85. The molecule has 1 aromatic rings. The van der Waals surface area contributed by atoms with E-state index >= 15 is 0 Å². The predicted molar refractivity (Wildman–Crippen MR) is 124 cm³/mol. The van der Waals surface area contributed by atoms with E-state index in [4.69, 9.17) is 4.55 Å². The molecule has 1 N–H and O–H groups in total. The summed E-state index contributed by atoms with van der Waals surface area (Å²) in [6, 6.07) is 6.66. The molecule has 0 aromatic heterocycles. The Morgan fingerprint density at radius 2 is 1.07 bits per heavy atom. The topological polar surface area (TPSA) is 54.4 Å². The second kappa shape index (κ2) is 16.9. The van der Waals surface area contributed by atoms with Crippen LogP contribution in [0.4, 0.5) is 0 Å². The van der Waals surface area contributed by atoms with Crippen LogP contribution in [-0.4, -0.2) is 13.0 Å². The summed E-state index contributed by atoms with van der Waals surface area (Å²) >= 11 is 0. The number of rotatable bonds is 19. The molecule has 4 heteroatoms. The largest absolute Gasteiger partial charge is 0.294 e. The fourth-order valence-electron chi connectivity index (χ4n) is 3.92. The SMILES string of the molecule is CCCCCCCCCCCCCCCCCCCc1cccc(S(=O)(=O)O)c1. The molecular weight excluding hydrogens is 380 g/mol. The Morgan fingerprint density at radius 3 is 1.48 bits per heavy atom. The van der Waals surface area contributed by atoms with Gasteiger partial charge in [0.1, 0.15) is 0 Å². The van der Waals surface area contributed by atoms with Gasteiger partial charge >= 0.3 is 0 Å². The third kappa shape index (κ3) is 14.7. The van der Waals surface area contributed by atoms with Crippen LogP contribution in [0.15, 0.2) is 29.2 Å². The summed E-state index contributed by atoms with van der Waals surface area (Å²) in [7, 11) is -4.09. The van der Waals surface area contributed by atoms with Crippen LogP contribution in [0, 0.1) is 0 Å². The van der Waals surface area contributed by atoms with Gasteiger partial charge in [-0.1, -0.05) is 122 Å². The van der Waals surface area contributed by atoms with Gasteiger partial charge in [-0.15, -0.1) is 0 Å². The van der Waals surface area contributed by atoms with E-state index in [0.717, 1.165) is 18.4 Å². The number of unbranched alkanes of at least 4 members (excludes halogenated alkanes) is 16. The zero-order valence-electron chi connectivity index (χ0n) is 18.7. The van der Waals surface area contributed by atoms with E-state index in [0.29, 0.717) is 0 Å². The third-order valence-electron chi connectivity index (χ3n) is 5.77. The maximum Gasteiger partial charge on any atom is 0.294 e. The number of hydrogen-bond acceptors (Lipinski definition) is 2. The van der Waals surface area contributed by atoms with Crippen molar-refractivity contribution in [3.8, 4) is 0 Å². The summed E-state index contributed by atoms with van der Waals surface area (Å²) < 4.78 is 31.5. The van der Waals surface area contributed by atoms with Crippen molar-refractivity contribution in [2.75, 3.05) is 0 Å². The van der Waals surface area contributed by atoms with Gasteiger partial charge in [0.15, 0.2) is 0 Å². The van der Waals surface area contributed by atoms with Crippen LogP contribution < -0.4 is 0 Å². The van der Waals surface area contributed by atoms with E-state index in [1.165, 1.54) is 109 Å². The zero-order chi connectivity index (χ0) is 21.2. The van der Waals surface area contributed by atoms with Gasteiger partial charge in [0.2, 0.25) is 0 Å². The molecule has 1 rings (SSSR count). The lowest BCUT2D eigenvalue weighted by Gasteiger charge is -2.05. The summed E-state index contributed by atoms with van der Waals surface area (Å²) in [5.74, 6) is 0. The molecule has 0 saturated carbocycles. The molecular formula is C25H44O3S. The average molecular weight is 425 g/mol. The van der Waals surface area contributed by atoms with Crippen molar-refractivity contribution >= 4 is 10.1 Å². The molecule has 0 aliphatic heterocycles. The first kappa shape index (κ1) is 26.2. The minimum absolute atomic E-state index is 0.00183. The van der Waals surface area contributed by atoms with Crippen LogP contribution in [0.5, 0.6) is 0 Å². The van der Waals surface area contributed by atoms with Gasteiger partial charge in [0.05, 0.1) is 4.90 Å². The molecule has 0 heterocycles. The molecule has 0 radical (unpaired) electrons. The van der Waals surface area contributed by atoms with Crippen LogP contribution >= 0.6 is 0 Å². The molecule has 0 bridgehead atoms. The number of benzene rings is 1. The Morgan fingerprint density at radius 1 is 0.655 bits per heavy atom. The molecule has 1 aromatic carbocycles. The minimum atomic E-state index is -4.09. The van der Waals surface area contributed by atoms with Gasteiger partial charge in [-0.05, 0) is 30.5 Å². The Bertz CT molecular complexity index is 610. The Labute approximate surface area is 180 Å². The van der Waals surface area contributed by atoms with Crippen LogP contribution in [0.2, 0.25) is 0 Å². The van der Waals surface area contributed by atoms with Crippen LogP contribution in [0.25, 0.3) is 0 Å². The summed E-state index contributed by atoms with van der Waals surface area (Å²) in [6.45, 7) is 2.28. The highest BCUT2D eigenvalue weighted by Crippen LogP contribution is 2.16. The summed E-state index contributed by atoms with van der Waals surface area (Å²) in [4.78, 5) is 0.00183. The maximum absolute atomic E-state index is 11.2. The summed E-state index contributed by atoms with van der Waals surface area (Å²) in [6.07, 6.45) is 24.0. The molecule has 3 nitrogen and oxygen atoms in total. The van der Waals surface area contributed by atoms with Crippen molar-refractivity contribution in [2.24, 2.45) is 0 Å². The van der Waals surface area contributed by atoms with E-state index in [2.05, 4.69) is 6.92 Å². The molecule has 0 spiro atoms. The lowest BCUT2D eigenvalue weighted by atomic mass is 10.0. The van der Waals surface area contributed by atoms with Crippen LogP contribution in [0.3, 0.4) is 0 Å². The standard InChI is InChI=1S/C25H44O3S/c1-2-3-4-5-6-7-8-9-10-11-12-13-14-15-16-17-18-20-24-21-19-22-25(23-24)29(26,27)28/h19,21-23H,2-18,20H2,1H3,(H,26,27,28). The first-order valence-corrected chi connectivity index (χ1v) is 13.5. The molecule has 0 atom stereocenters. The number of hydrogen-bond donors (Lipinski definition) is 1. The van der Waals surface area contributed by atoms with E-state index in [1.807, 2.05) is 6.07 Å². The first-order valence-electron chi connectivity index (χ1n) is 12.1. The highest BCUT2D eigenvalue weighted by atomic mass is 32.2. The van der Waals surface area contributed by atoms with Crippen molar-refractivity contribution in [2.45, 2.75) is 127 Å². The van der Waals surface area contributed by atoms with Gasteiger partial charge in [0.25, 0.3) is 10.1 Å². The van der Waals surface area contributed by atoms with Gasteiger partial charge in [-0.25, -0.2) is 0 Å². The second-order valence-electron chi connectivity index (χ2n) is 8.53. The van der Waals surface area contributed by atoms with Crippen molar-refractivity contribution in [3.63, 3.8) is 0 Å². The van der Waals surface area contributed by atoms with Crippen LogP contribution in [-0.2, 0) is 16.5 Å². The molecule has 0 aliphatic rings. The fourth-order valence-corrected chi connectivity index (χ4v) is 4.47. The van der Waals surface area contributed by atoms with Crippen molar-refractivity contribution < 1.29 is 13.0 Å². The molecule has 0 aliphatic carbocycles. The van der Waals surface area contributed by atoms with Gasteiger partial charge in [-0.2, -0.15) is 8.42 Å².